The Kier molecular flexibility index (Phi) is 11.2. The van der Waals surface area contributed by atoms with Crippen LogP contribution in [0.15, 0.2) is 0 Å². The number of esters is 1. The average molecular weight is 429 g/mol. The number of hydrogen-bond acceptors (Lipinski definition) is 2. The molecule has 0 saturated carbocycles. The lowest BCUT2D eigenvalue weighted by atomic mass is 10.1. The van der Waals surface area contributed by atoms with Gasteiger partial charge in [0, 0.05) is 6.42 Å². The van der Waals surface area contributed by atoms with Crippen LogP contribution < -0.4 is 0 Å². The molecule has 0 aromatic rings. The number of ether oxygens (including phenoxy) is 1. The maximum atomic E-state index is 12.3. The first-order valence-corrected chi connectivity index (χ1v) is 13.0. The number of carbonyl (C=O) groups is 1. The van der Waals surface area contributed by atoms with E-state index in [4.69, 9.17) is 11.1 Å². The molecule has 0 fully saturated rings. The van der Waals surface area contributed by atoms with Crippen molar-refractivity contribution in [2.24, 2.45) is 0 Å². The minimum atomic E-state index is -5.66. The van der Waals surface area contributed by atoms with Crippen molar-refractivity contribution in [2.75, 3.05) is 0 Å². The molecule has 0 rings (SSSR count). The number of rotatable bonds is 12. The molecular weight excluding hydrogens is 402 g/mol. The third kappa shape index (κ3) is 13.7. The fraction of sp³-hybridized carbons (Fsp3) is 0.938. The van der Waals surface area contributed by atoms with E-state index >= 15 is 0 Å². The van der Waals surface area contributed by atoms with E-state index in [9.17, 15) is 31.1 Å². The Balaban J connectivity index is 3.77. The molecule has 2 nitrogen and oxygen atoms in total. The summed E-state index contributed by atoms with van der Waals surface area (Å²) in [5.41, 5.74) is 0. The zero-order chi connectivity index (χ0) is 20.4. The van der Waals surface area contributed by atoms with Crippen LogP contribution in [0.2, 0.25) is 19.1 Å². The highest BCUT2D eigenvalue weighted by Crippen LogP contribution is 2.36. The van der Waals surface area contributed by atoms with Crippen LogP contribution in [-0.4, -0.2) is 31.8 Å². The fourth-order valence-corrected chi connectivity index (χ4v) is 3.88. The maximum absolute atomic E-state index is 12.3. The predicted molar refractivity (Wildman–Crippen MR) is 91.7 cm³/mol. The van der Waals surface area contributed by atoms with Gasteiger partial charge in [-0.25, -0.2) is 0 Å². The highest BCUT2D eigenvalue weighted by atomic mass is 35.6. The van der Waals surface area contributed by atoms with Gasteiger partial charge in [0.25, 0.3) is 6.10 Å². The van der Waals surface area contributed by atoms with E-state index < -0.39 is 38.2 Å². The van der Waals surface area contributed by atoms with Gasteiger partial charge in [-0.05, 0) is 12.5 Å². The Morgan fingerprint density at radius 1 is 0.846 bits per heavy atom. The number of halogens is 7. The second-order valence-electron chi connectivity index (χ2n) is 7.00. The largest absolute Gasteiger partial charge is 0.443 e. The number of unbranched alkanes of at least 4 members (excludes halogenated alkanes) is 7. The molecule has 0 aromatic heterocycles. The lowest BCUT2D eigenvalue weighted by molar-refractivity contribution is -0.313. The Hall–Kier alpha value is -0.443. The zero-order valence-electron chi connectivity index (χ0n) is 15.1. The minimum Gasteiger partial charge on any atom is -0.443 e. The molecule has 0 N–H and O–H groups in total. The van der Waals surface area contributed by atoms with Gasteiger partial charge in [-0.2, -0.15) is 37.4 Å². The topological polar surface area (TPSA) is 26.3 Å². The highest BCUT2D eigenvalue weighted by Gasteiger charge is 2.59. The lowest BCUT2D eigenvalue weighted by Crippen LogP contribution is -2.45. The van der Waals surface area contributed by atoms with Gasteiger partial charge in [-0.3, -0.25) is 4.79 Å². The first-order chi connectivity index (χ1) is 11.7. The van der Waals surface area contributed by atoms with Crippen molar-refractivity contribution in [1.29, 1.82) is 0 Å². The second kappa shape index (κ2) is 11.4. The van der Waals surface area contributed by atoms with Gasteiger partial charge in [-0.15, -0.1) is 0 Å². The third-order valence-electron chi connectivity index (χ3n) is 3.75. The van der Waals surface area contributed by atoms with Crippen LogP contribution in [0.25, 0.3) is 0 Å². The summed E-state index contributed by atoms with van der Waals surface area (Å²) in [6.45, 7) is 4.20. The van der Waals surface area contributed by atoms with Crippen LogP contribution in [0.3, 0.4) is 0 Å². The minimum absolute atomic E-state index is 0.216. The van der Waals surface area contributed by atoms with Crippen molar-refractivity contribution < 1.29 is 35.9 Å². The first kappa shape index (κ1) is 25.6. The van der Waals surface area contributed by atoms with Gasteiger partial charge >= 0.3 is 18.3 Å². The van der Waals surface area contributed by atoms with Crippen LogP contribution in [-0.2, 0) is 9.53 Å². The molecule has 0 amide bonds. The molecule has 0 spiro atoms. The molecular formula is C16H27ClF6O2Si. The normalized spacial score (nSPS) is 13.3. The van der Waals surface area contributed by atoms with E-state index in [1.807, 2.05) is 0 Å². The molecule has 0 heterocycles. The molecule has 0 radical (unpaired) electrons. The Bertz CT molecular complexity index is 393. The summed E-state index contributed by atoms with van der Waals surface area (Å²) in [6, 6.07) is 1.08. The van der Waals surface area contributed by atoms with Crippen LogP contribution in [0.1, 0.15) is 57.8 Å². The van der Waals surface area contributed by atoms with Gasteiger partial charge in [0.2, 0.25) is 0 Å². The van der Waals surface area contributed by atoms with Crippen LogP contribution in [0.5, 0.6) is 0 Å². The fourth-order valence-electron chi connectivity index (χ4n) is 2.38. The summed E-state index contributed by atoms with van der Waals surface area (Å²) in [4.78, 5) is 11.2. The summed E-state index contributed by atoms with van der Waals surface area (Å²) in [6.07, 6.45) is -9.03. The summed E-state index contributed by atoms with van der Waals surface area (Å²) in [7, 11) is -1.50. The molecule has 0 atom stereocenters. The molecule has 0 aliphatic rings. The van der Waals surface area contributed by atoms with Crippen molar-refractivity contribution in [1.82, 2.24) is 0 Å². The van der Waals surface area contributed by atoms with Gasteiger partial charge in [0.1, 0.15) is 7.38 Å². The summed E-state index contributed by atoms with van der Waals surface area (Å²) in [5.74, 6) is -1.47. The van der Waals surface area contributed by atoms with Gasteiger partial charge in [0.05, 0.1) is 0 Å². The Labute approximate surface area is 156 Å². The van der Waals surface area contributed by atoms with E-state index in [-0.39, 0.29) is 6.42 Å². The molecule has 0 bridgehead atoms. The highest BCUT2D eigenvalue weighted by molar-refractivity contribution is 7.19. The molecule has 0 unspecified atom stereocenters. The van der Waals surface area contributed by atoms with Crippen molar-refractivity contribution >= 4 is 24.4 Å². The van der Waals surface area contributed by atoms with Crippen molar-refractivity contribution in [3.63, 3.8) is 0 Å². The molecule has 0 aliphatic heterocycles. The Morgan fingerprint density at radius 2 is 1.23 bits per heavy atom. The number of hydrogen-bond donors (Lipinski definition) is 0. The van der Waals surface area contributed by atoms with Crippen molar-refractivity contribution in [3.8, 4) is 0 Å². The van der Waals surface area contributed by atoms with E-state index in [1.54, 1.807) is 0 Å². The van der Waals surface area contributed by atoms with Crippen molar-refractivity contribution in [2.45, 2.75) is 95.4 Å². The maximum Gasteiger partial charge on any atom is 0.434 e. The lowest BCUT2D eigenvalue weighted by Gasteiger charge is -2.22. The predicted octanol–water partition coefficient (Wildman–Crippen LogP) is 6.98. The second-order valence-corrected chi connectivity index (χ2v) is 14.0. The molecule has 10 heteroatoms. The van der Waals surface area contributed by atoms with Crippen molar-refractivity contribution in [3.05, 3.63) is 0 Å². The van der Waals surface area contributed by atoms with Crippen LogP contribution in [0.4, 0.5) is 26.3 Å². The molecule has 156 valence electrons. The quantitative estimate of drug-likeness (QED) is 0.110. The Morgan fingerprint density at radius 3 is 1.62 bits per heavy atom. The van der Waals surface area contributed by atoms with Gasteiger partial charge < -0.3 is 4.74 Å². The standard InChI is InChI=1S/C16H27ClF6O2Si/c1-26(2,17)12-10-8-6-4-3-5-7-9-11-13(24)25-14(15(18,19)20)16(21,22)23/h14H,3-12H2,1-2H3. The summed E-state index contributed by atoms with van der Waals surface area (Å²) >= 11 is 6.21. The number of carbonyl (C=O) groups excluding carboxylic acids is 1. The zero-order valence-corrected chi connectivity index (χ0v) is 16.9. The smallest absolute Gasteiger partial charge is 0.434 e. The van der Waals surface area contributed by atoms with E-state index in [2.05, 4.69) is 17.8 Å². The monoisotopic (exact) mass is 428 g/mol. The van der Waals surface area contributed by atoms with E-state index in [0.29, 0.717) is 6.42 Å². The summed E-state index contributed by atoms with van der Waals surface area (Å²) < 4.78 is 77.1. The van der Waals surface area contributed by atoms with E-state index in [0.717, 1.165) is 44.6 Å². The summed E-state index contributed by atoms with van der Waals surface area (Å²) in [5, 5.41) is 0. The van der Waals surface area contributed by atoms with Crippen LogP contribution in [0, 0.1) is 0 Å². The van der Waals surface area contributed by atoms with Crippen LogP contribution >= 0.6 is 11.1 Å². The first-order valence-electron chi connectivity index (χ1n) is 8.75. The molecule has 0 aromatic carbocycles. The SMILES string of the molecule is C[Si](C)(Cl)CCCCCCCCCCC(=O)OC(C(F)(F)F)C(F)(F)F. The average Bonchev–Trinajstić information content (AvgIpc) is 2.43. The number of alkyl halides is 6. The molecule has 26 heavy (non-hydrogen) atoms. The third-order valence-corrected chi connectivity index (χ3v) is 5.86. The molecule has 0 saturated heterocycles. The molecule has 0 aliphatic carbocycles. The van der Waals surface area contributed by atoms with Gasteiger partial charge in [-0.1, -0.05) is 58.0 Å². The van der Waals surface area contributed by atoms with Gasteiger partial charge in [0.15, 0.2) is 0 Å². The van der Waals surface area contributed by atoms with E-state index in [1.165, 1.54) is 0 Å².